The van der Waals surface area contributed by atoms with Crippen molar-refractivity contribution in [1.82, 2.24) is 9.66 Å². The fourth-order valence-electron chi connectivity index (χ4n) is 4.72. The van der Waals surface area contributed by atoms with Crippen molar-refractivity contribution in [3.05, 3.63) is 127 Å². The van der Waals surface area contributed by atoms with Gasteiger partial charge in [-0.3, -0.25) is 14.9 Å². The minimum Gasteiger partial charge on any atom is -0.496 e. The molecule has 0 unspecified atom stereocenters. The molecule has 1 aromatic heterocycles. The van der Waals surface area contributed by atoms with E-state index in [2.05, 4.69) is 5.10 Å². The van der Waals surface area contributed by atoms with Gasteiger partial charge in [-0.2, -0.15) is 9.78 Å². The van der Waals surface area contributed by atoms with Crippen molar-refractivity contribution in [2.75, 3.05) is 7.11 Å². The van der Waals surface area contributed by atoms with Gasteiger partial charge in [0.05, 0.1) is 29.2 Å². The van der Waals surface area contributed by atoms with Gasteiger partial charge in [0.2, 0.25) is 0 Å². The molecule has 0 saturated carbocycles. The molecular formula is C33H29FN4O5. The van der Waals surface area contributed by atoms with Crippen molar-refractivity contribution in [3.63, 3.8) is 0 Å². The Bertz CT molecular complexity index is 1920. The molecule has 0 aliphatic carbocycles. The molecule has 0 bridgehead atoms. The number of rotatable bonds is 9. The van der Waals surface area contributed by atoms with Crippen LogP contribution < -0.4 is 15.0 Å². The second-order valence-corrected chi connectivity index (χ2v) is 10.3. The van der Waals surface area contributed by atoms with Gasteiger partial charge in [-0.1, -0.05) is 38.1 Å². The molecule has 5 rings (SSSR count). The van der Waals surface area contributed by atoms with E-state index in [-0.39, 0.29) is 29.6 Å². The van der Waals surface area contributed by atoms with Gasteiger partial charge in [0.15, 0.2) is 5.82 Å². The first-order valence-electron chi connectivity index (χ1n) is 13.6. The highest BCUT2D eigenvalue weighted by atomic mass is 19.1. The lowest BCUT2D eigenvalue weighted by Gasteiger charge is -2.17. The van der Waals surface area contributed by atoms with Crippen LogP contribution >= 0.6 is 0 Å². The third-order valence-corrected chi connectivity index (χ3v) is 7.02. The molecule has 43 heavy (non-hydrogen) atoms. The Morgan fingerprint density at radius 3 is 2.49 bits per heavy atom. The van der Waals surface area contributed by atoms with Gasteiger partial charge in [0.25, 0.3) is 11.2 Å². The summed E-state index contributed by atoms with van der Waals surface area (Å²) in [6, 6.07) is 20.8. The highest BCUT2D eigenvalue weighted by Crippen LogP contribution is 2.34. The molecular weight excluding hydrogens is 551 g/mol. The van der Waals surface area contributed by atoms with E-state index in [0.29, 0.717) is 33.6 Å². The second kappa shape index (κ2) is 12.2. The van der Waals surface area contributed by atoms with Gasteiger partial charge in [-0.25, -0.2) is 9.37 Å². The van der Waals surface area contributed by atoms with Crippen LogP contribution in [0.2, 0.25) is 0 Å². The van der Waals surface area contributed by atoms with E-state index in [9.17, 15) is 19.3 Å². The summed E-state index contributed by atoms with van der Waals surface area (Å²) in [6.45, 7) is 6.08. The van der Waals surface area contributed by atoms with E-state index in [1.807, 2.05) is 32.9 Å². The quantitative estimate of drug-likeness (QED) is 0.105. The van der Waals surface area contributed by atoms with E-state index < -0.39 is 10.5 Å². The molecule has 0 amide bonds. The van der Waals surface area contributed by atoms with Gasteiger partial charge in [-0.15, -0.1) is 0 Å². The molecule has 218 valence electrons. The van der Waals surface area contributed by atoms with Crippen molar-refractivity contribution < 1.29 is 18.8 Å². The van der Waals surface area contributed by atoms with Crippen molar-refractivity contribution in [2.24, 2.45) is 5.10 Å². The molecule has 10 heteroatoms. The minimum atomic E-state index is -0.523. The van der Waals surface area contributed by atoms with Crippen LogP contribution in [0.1, 0.15) is 42.0 Å². The Morgan fingerprint density at radius 1 is 1.05 bits per heavy atom. The highest BCUT2D eigenvalue weighted by molar-refractivity contribution is 5.85. The normalized spacial score (nSPS) is 11.4. The lowest BCUT2D eigenvalue weighted by Crippen LogP contribution is -2.21. The smallest absolute Gasteiger partial charge is 0.282 e. The third kappa shape index (κ3) is 6.13. The second-order valence-electron chi connectivity index (χ2n) is 10.3. The Balaban J connectivity index is 1.66. The molecule has 0 spiro atoms. The maximum Gasteiger partial charge on any atom is 0.282 e. The van der Waals surface area contributed by atoms with E-state index in [4.69, 9.17) is 14.5 Å². The maximum atomic E-state index is 13.8. The summed E-state index contributed by atoms with van der Waals surface area (Å²) >= 11 is 0. The predicted molar refractivity (Wildman–Crippen MR) is 164 cm³/mol. The number of para-hydroxylation sites is 1. The summed E-state index contributed by atoms with van der Waals surface area (Å²) in [5, 5.41) is 16.5. The van der Waals surface area contributed by atoms with Gasteiger partial charge < -0.3 is 9.47 Å². The molecule has 0 aliphatic rings. The number of ether oxygens (including phenoxy) is 2. The molecule has 0 fully saturated rings. The molecule has 0 saturated heterocycles. The summed E-state index contributed by atoms with van der Waals surface area (Å²) in [7, 11) is 1.61. The molecule has 1 heterocycles. The SMILES string of the molecule is COc1cc(C)c(-c2nc3ccccc3c(=O)n2N=Cc2cc([N+](=O)[O-])ccc2OCc2ccc(F)cc2)cc1C(C)C. The average molecular weight is 581 g/mol. The van der Waals surface area contributed by atoms with Crippen LogP contribution in [0.15, 0.2) is 88.8 Å². The number of nitrogens with zero attached hydrogens (tertiary/aromatic N) is 4. The Labute approximate surface area is 247 Å². The van der Waals surface area contributed by atoms with Crippen LogP contribution in [0.3, 0.4) is 0 Å². The number of fused-ring (bicyclic) bond motifs is 1. The number of hydrogen-bond acceptors (Lipinski definition) is 7. The van der Waals surface area contributed by atoms with Gasteiger partial charge in [-0.05, 0) is 72.0 Å². The van der Waals surface area contributed by atoms with Crippen LogP contribution in [-0.4, -0.2) is 27.9 Å². The zero-order chi connectivity index (χ0) is 30.7. The number of nitro groups is 1. The van der Waals surface area contributed by atoms with Crippen molar-refractivity contribution in [2.45, 2.75) is 33.3 Å². The molecule has 5 aromatic rings. The first-order valence-corrected chi connectivity index (χ1v) is 13.6. The van der Waals surface area contributed by atoms with Crippen molar-refractivity contribution in [3.8, 4) is 22.9 Å². The van der Waals surface area contributed by atoms with Gasteiger partial charge in [0.1, 0.15) is 23.9 Å². The number of benzene rings is 4. The molecule has 0 radical (unpaired) electrons. The summed E-state index contributed by atoms with van der Waals surface area (Å²) in [5.74, 6) is 1.09. The first kappa shape index (κ1) is 29.1. The highest BCUT2D eigenvalue weighted by Gasteiger charge is 2.19. The number of non-ortho nitro benzene ring substituents is 1. The number of methoxy groups -OCH3 is 1. The van der Waals surface area contributed by atoms with Crippen LogP contribution in [0, 0.1) is 22.9 Å². The predicted octanol–water partition coefficient (Wildman–Crippen LogP) is 7.01. The minimum absolute atomic E-state index is 0.0880. The Kier molecular flexibility index (Phi) is 8.29. The standard InChI is InChI=1S/C33H29FN4O5/c1-20(2)27-17-28(21(3)15-31(27)42-4)32-36-29-8-6-5-7-26(29)33(39)37(32)35-18-23-16-25(38(40)41)13-14-30(23)43-19-22-9-11-24(34)12-10-22/h5-18,20H,19H2,1-4H3. The van der Waals surface area contributed by atoms with Gasteiger partial charge >= 0.3 is 0 Å². The zero-order valence-corrected chi connectivity index (χ0v) is 24.1. The molecule has 9 nitrogen and oxygen atoms in total. The largest absolute Gasteiger partial charge is 0.496 e. The van der Waals surface area contributed by atoms with Gasteiger partial charge in [0, 0.05) is 23.3 Å². The topological polar surface area (TPSA) is 109 Å². The fourth-order valence-corrected chi connectivity index (χ4v) is 4.72. The first-order chi connectivity index (χ1) is 20.7. The molecule has 4 aromatic carbocycles. The lowest BCUT2D eigenvalue weighted by molar-refractivity contribution is -0.384. The van der Waals surface area contributed by atoms with E-state index in [0.717, 1.165) is 16.9 Å². The van der Waals surface area contributed by atoms with Crippen LogP contribution in [0.5, 0.6) is 11.5 Å². The van der Waals surface area contributed by atoms with E-state index >= 15 is 0 Å². The number of nitro benzene ring substituents is 1. The maximum absolute atomic E-state index is 13.8. The van der Waals surface area contributed by atoms with Crippen LogP contribution in [0.4, 0.5) is 10.1 Å². The molecule has 0 N–H and O–H groups in total. The van der Waals surface area contributed by atoms with Crippen molar-refractivity contribution >= 4 is 22.8 Å². The number of hydrogen-bond donors (Lipinski definition) is 0. The summed E-state index contributed by atoms with van der Waals surface area (Å²) < 4.78 is 26.1. The lowest BCUT2D eigenvalue weighted by atomic mass is 9.96. The number of halogens is 1. The molecule has 0 atom stereocenters. The summed E-state index contributed by atoms with van der Waals surface area (Å²) in [6.07, 6.45) is 1.34. The Morgan fingerprint density at radius 2 is 1.79 bits per heavy atom. The Hall–Kier alpha value is -5.38. The average Bonchev–Trinajstić information content (AvgIpc) is 3.00. The monoisotopic (exact) mass is 580 g/mol. The van der Waals surface area contributed by atoms with E-state index in [1.54, 1.807) is 43.5 Å². The summed E-state index contributed by atoms with van der Waals surface area (Å²) in [5.41, 5.74) is 3.37. The van der Waals surface area contributed by atoms with Crippen LogP contribution in [0.25, 0.3) is 22.3 Å². The zero-order valence-electron chi connectivity index (χ0n) is 24.1. The fraction of sp³-hybridized carbons (Fsp3) is 0.182. The number of aryl methyl sites for hydroxylation is 1. The summed E-state index contributed by atoms with van der Waals surface area (Å²) in [4.78, 5) is 29.7. The van der Waals surface area contributed by atoms with Crippen molar-refractivity contribution in [1.29, 1.82) is 0 Å². The van der Waals surface area contributed by atoms with Crippen LogP contribution in [-0.2, 0) is 6.61 Å². The van der Waals surface area contributed by atoms with E-state index in [1.165, 1.54) is 41.2 Å². The number of aromatic nitrogens is 2. The molecule has 0 aliphatic heterocycles. The third-order valence-electron chi connectivity index (χ3n) is 7.02.